The molecule has 1 N–H and O–H groups in total. The molecule has 17 heavy (non-hydrogen) atoms. The van der Waals surface area contributed by atoms with Crippen LogP contribution in [0.2, 0.25) is 0 Å². The Kier molecular flexibility index (Phi) is 5.46. The summed E-state index contributed by atoms with van der Waals surface area (Å²) in [5.74, 6) is -0.177. The van der Waals surface area contributed by atoms with E-state index in [2.05, 4.69) is 31.9 Å². The zero-order valence-corrected chi connectivity index (χ0v) is 12.8. The van der Waals surface area contributed by atoms with Crippen LogP contribution >= 0.6 is 31.9 Å². The van der Waals surface area contributed by atoms with Crippen molar-refractivity contribution in [3.8, 4) is 5.75 Å². The van der Waals surface area contributed by atoms with Gasteiger partial charge < -0.3 is 9.84 Å². The predicted molar refractivity (Wildman–Crippen MR) is 73.2 cm³/mol. The van der Waals surface area contributed by atoms with Gasteiger partial charge >= 0.3 is 5.97 Å². The number of rotatable bonds is 4. The third-order valence-electron chi connectivity index (χ3n) is 2.37. The number of hydrogen-bond acceptors (Lipinski definition) is 3. The topological polar surface area (TPSA) is 46.5 Å². The molecule has 0 radical (unpaired) electrons. The molecule has 1 unspecified atom stereocenters. The second kappa shape index (κ2) is 6.40. The highest BCUT2D eigenvalue weighted by Crippen LogP contribution is 2.37. The molecule has 0 aliphatic rings. The molecule has 0 spiro atoms. The molecule has 3 nitrogen and oxygen atoms in total. The lowest BCUT2D eigenvalue weighted by Gasteiger charge is -2.14. The maximum Gasteiger partial charge on any atom is 0.306 e. The summed E-state index contributed by atoms with van der Waals surface area (Å²) in [5, 5.41) is 9.92. The number of aromatic hydroxyl groups is 1. The van der Waals surface area contributed by atoms with E-state index in [-0.39, 0.29) is 24.1 Å². The zero-order valence-electron chi connectivity index (χ0n) is 9.67. The molecule has 0 aromatic heterocycles. The van der Waals surface area contributed by atoms with Crippen molar-refractivity contribution < 1.29 is 14.6 Å². The third kappa shape index (κ3) is 4.00. The average Bonchev–Trinajstić information content (AvgIpc) is 2.23. The van der Waals surface area contributed by atoms with Crippen LogP contribution in [0.25, 0.3) is 0 Å². The van der Waals surface area contributed by atoms with Crippen molar-refractivity contribution in [3.63, 3.8) is 0 Å². The number of carbonyl (C=O) groups is 1. The quantitative estimate of drug-likeness (QED) is 0.821. The van der Waals surface area contributed by atoms with Crippen LogP contribution in [-0.4, -0.2) is 17.7 Å². The van der Waals surface area contributed by atoms with Crippen LogP contribution in [0.15, 0.2) is 21.1 Å². The molecule has 1 aromatic carbocycles. The first-order chi connectivity index (χ1) is 7.95. The zero-order chi connectivity index (χ0) is 13.0. The minimum absolute atomic E-state index is 0.0946. The van der Waals surface area contributed by atoms with E-state index in [0.29, 0.717) is 11.1 Å². The standard InChI is InChI=1S/C12H14Br2O3/c1-3-17-11(15)4-7(2)9-5-8(13)6-10(14)12(9)16/h5-7,16H,3-4H2,1-2H3. The Labute approximate surface area is 117 Å². The molecule has 0 aliphatic heterocycles. The highest BCUT2D eigenvalue weighted by atomic mass is 79.9. The fourth-order valence-corrected chi connectivity index (χ4v) is 2.80. The summed E-state index contributed by atoms with van der Waals surface area (Å²) in [6.45, 7) is 4.03. The lowest BCUT2D eigenvalue weighted by Crippen LogP contribution is -2.08. The fourth-order valence-electron chi connectivity index (χ4n) is 1.54. The van der Waals surface area contributed by atoms with Crippen LogP contribution in [-0.2, 0) is 9.53 Å². The van der Waals surface area contributed by atoms with Crippen LogP contribution in [0.3, 0.4) is 0 Å². The van der Waals surface area contributed by atoms with Crippen molar-refractivity contribution in [1.82, 2.24) is 0 Å². The summed E-state index contributed by atoms with van der Waals surface area (Å²) in [6, 6.07) is 3.57. The fraction of sp³-hybridized carbons (Fsp3) is 0.417. The first kappa shape index (κ1) is 14.5. The van der Waals surface area contributed by atoms with Gasteiger partial charge in [-0.15, -0.1) is 0 Å². The predicted octanol–water partition coefficient (Wildman–Crippen LogP) is 3.97. The highest BCUT2D eigenvalue weighted by Gasteiger charge is 2.17. The summed E-state index contributed by atoms with van der Waals surface area (Å²) in [5.41, 5.74) is 0.722. The number of carbonyl (C=O) groups excluding carboxylic acids is 1. The number of esters is 1. The van der Waals surface area contributed by atoms with Gasteiger partial charge in [0, 0.05) is 4.47 Å². The van der Waals surface area contributed by atoms with Crippen LogP contribution < -0.4 is 0 Å². The number of hydrogen-bond donors (Lipinski definition) is 1. The SMILES string of the molecule is CCOC(=O)CC(C)c1cc(Br)cc(Br)c1O. The maximum absolute atomic E-state index is 11.4. The largest absolute Gasteiger partial charge is 0.506 e. The van der Waals surface area contributed by atoms with Gasteiger partial charge in [0.2, 0.25) is 0 Å². The molecule has 5 heteroatoms. The Hall–Kier alpha value is -0.550. The van der Waals surface area contributed by atoms with Gasteiger partial charge in [-0.3, -0.25) is 4.79 Å². The molecule has 0 fully saturated rings. The Morgan fingerprint density at radius 2 is 2.12 bits per heavy atom. The highest BCUT2D eigenvalue weighted by molar-refractivity contribution is 9.11. The van der Waals surface area contributed by atoms with Crippen LogP contribution in [0.1, 0.15) is 31.7 Å². The number of ether oxygens (including phenoxy) is 1. The molecule has 0 heterocycles. The second-order valence-electron chi connectivity index (χ2n) is 3.74. The van der Waals surface area contributed by atoms with Gasteiger partial charge in [0.1, 0.15) is 5.75 Å². The summed E-state index contributed by atoms with van der Waals surface area (Å²) in [7, 11) is 0. The monoisotopic (exact) mass is 364 g/mol. The Bertz CT molecular complexity index is 418. The molecule has 94 valence electrons. The van der Waals surface area contributed by atoms with E-state index >= 15 is 0 Å². The van der Waals surface area contributed by atoms with Crippen molar-refractivity contribution in [2.45, 2.75) is 26.2 Å². The summed E-state index contributed by atoms with van der Waals surface area (Å²) in [4.78, 5) is 11.4. The third-order valence-corrected chi connectivity index (χ3v) is 3.43. The van der Waals surface area contributed by atoms with E-state index in [9.17, 15) is 9.90 Å². The van der Waals surface area contributed by atoms with Crippen LogP contribution in [0.4, 0.5) is 0 Å². The number of phenols is 1. The Morgan fingerprint density at radius 1 is 1.47 bits per heavy atom. The van der Waals surface area contributed by atoms with Crippen LogP contribution in [0.5, 0.6) is 5.75 Å². The molecule has 0 bridgehead atoms. The molecule has 0 aliphatic carbocycles. The summed E-state index contributed by atoms with van der Waals surface area (Å²) < 4.78 is 6.35. The minimum Gasteiger partial charge on any atom is -0.506 e. The molecule has 1 rings (SSSR count). The van der Waals surface area contributed by atoms with Crippen molar-refractivity contribution >= 4 is 37.8 Å². The van der Waals surface area contributed by atoms with E-state index in [1.165, 1.54) is 0 Å². The van der Waals surface area contributed by atoms with Crippen molar-refractivity contribution in [2.24, 2.45) is 0 Å². The lowest BCUT2D eigenvalue weighted by atomic mass is 9.97. The molecular formula is C12H14Br2O3. The number of benzene rings is 1. The van der Waals surface area contributed by atoms with Gasteiger partial charge in [-0.05, 0) is 46.5 Å². The Morgan fingerprint density at radius 3 is 2.71 bits per heavy atom. The molecule has 0 saturated heterocycles. The molecular weight excluding hydrogens is 352 g/mol. The van der Waals surface area contributed by atoms with E-state index in [1.807, 2.05) is 13.0 Å². The normalized spacial score (nSPS) is 12.2. The van der Waals surface area contributed by atoms with Crippen LogP contribution in [0, 0.1) is 0 Å². The van der Waals surface area contributed by atoms with Gasteiger partial charge in [0.05, 0.1) is 17.5 Å². The average molecular weight is 366 g/mol. The molecule has 0 amide bonds. The Balaban J connectivity index is 2.88. The van der Waals surface area contributed by atoms with Crippen molar-refractivity contribution in [1.29, 1.82) is 0 Å². The number of halogens is 2. The molecule has 0 saturated carbocycles. The van der Waals surface area contributed by atoms with Crippen molar-refractivity contribution in [2.75, 3.05) is 6.61 Å². The summed E-state index contributed by atoms with van der Waals surface area (Å²) in [6.07, 6.45) is 0.254. The van der Waals surface area contributed by atoms with Gasteiger partial charge in [-0.1, -0.05) is 22.9 Å². The summed E-state index contributed by atoms with van der Waals surface area (Å²) >= 11 is 6.62. The molecule has 1 aromatic rings. The van der Waals surface area contributed by atoms with E-state index in [0.717, 1.165) is 10.0 Å². The van der Waals surface area contributed by atoms with Crippen molar-refractivity contribution in [3.05, 3.63) is 26.6 Å². The lowest BCUT2D eigenvalue weighted by molar-refractivity contribution is -0.143. The first-order valence-corrected chi connectivity index (χ1v) is 6.87. The smallest absolute Gasteiger partial charge is 0.306 e. The number of phenolic OH excluding ortho intramolecular Hbond substituents is 1. The molecule has 1 atom stereocenters. The maximum atomic E-state index is 11.4. The van der Waals surface area contributed by atoms with E-state index < -0.39 is 0 Å². The van der Waals surface area contributed by atoms with Gasteiger partial charge in [-0.25, -0.2) is 0 Å². The first-order valence-electron chi connectivity index (χ1n) is 5.29. The minimum atomic E-state index is -0.254. The van der Waals surface area contributed by atoms with Gasteiger partial charge in [-0.2, -0.15) is 0 Å². The van der Waals surface area contributed by atoms with E-state index in [4.69, 9.17) is 4.74 Å². The van der Waals surface area contributed by atoms with Gasteiger partial charge in [0.15, 0.2) is 0 Å². The second-order valence-corrected chi connectivity index (χ2v) is 5.51. The van der Waals surface area contributed by atoms with E-state index in [1.54, 1.807) is 13.0 Å². The van der Waals surface area contributed by atoms with Gasteiger partial charge in [0.25, 0.3) is 0 Å².